The molecule has 0 aliphatic carbocycles. The molecule has 2 heterocycles. The summed E-state index contributed by atoms with van der Waals surface area (Å²) in [5.41, 5.74) is 2.98. The summed E-state index contributed by atoms with van der Waals surface area (Å²) in [4.78, 5) is 41.7. The summed E-state index contributed by atoms with van der Waals surface area (Å²) in [7, 11) is 0. The van der Waals surface area contributed by atoms with Gasteiger partial charge in [-0.15, -0.1) is 0 Å². The minimum Gasteiger partial charge on any atom is -0.338 e. The number of carbonyl (C=O) groups is 3. The maximum absolute atomic E-state index is 12.6. The minimum absolute atomic E-state index is 0.171. The van der Waals surface area contributed by atoms with Gasteiger partial charge < -0.3 is 15.5 Å². The molecule has 0 saturated carbocycles. The molecule has 0 radical (unpaired) electrons. The summed E-state index contributed by atoms with van der Waals surface area (Å²) in [6.45, 7) is 2.82. The number of benzene rings is 2. The van der Waals surface area contributed by atoms with Crippen molar-refractivity contribution in [3.05, 3.63) is 53.6 Å². The van der Waals surface area contributed by atoms with Crippen LogP contribution in [0.1, 0.15) is 35.7 Å². The second-order valence-electron chi connectivity index (χ2n) is 6.95. The molecule has 0 unspecified atom stereocenters. The van der Waals surface area contributed by atoms with E-state index in [1.165, 1.54) is 18.3 Å². The van der Waals surface area contributed by atoms with Crippen molar-refractivity contribution in [3.8, 4) is 0 Å². The Labute approximate surface area is 171 Å². The molecule has 4 rings (SSSR count). The van der Waals surface area contributed by atoms with E-state index in [9.17, 15) is 14.4 Å². The maximum Gasteiger partial charge on any atom is 0.255 e. The zero-order valence-electron chi connectivity index (χ0n) is 15.9. The van der Waals surface area contributed by atoms with Gasteiger partial charge in [-0.1, -0.05) is 23.5 Å². The molecule has 29 heavy (non-hydrogen) atoms. The Balaban J connectivity index is 1.43. The van der Waals surface area contributed by atoms with Crippen molar-refractivity contribution in [2.24, 2.45) is 0 Å². The molecule has 1 saturated heterocycles. The van der Waals surface area contributed by atoms with Crippen LogP contribution in [0.4, 0.5) is 10.8 Å². The number of nitrogens with one attached hydrogen (secondary N) is 2. The number of amides is 3. The smallest absolute Gasteiger partial charge is 0.255 e. The van der Waals surface area contributed by atoms with Crippen LogP contribution in [0, 0.1) is 0 Å². The number of thiazole rings is 1. The second kappa shape index (κ2) is 8.00. The number of hydrogen-bond acceptors (Lipinski definition) is 5. The Hall–Kier alpha value is -3.26. The molecule has 3 amide bonds. The van der Waals surface area contributed by atoms with Crippen molar-refractivity contribution < 1.29 is 14.4 Å². The van der Waals surface area contributed by atoms with E-state index >= 15 is 0 Å². The summed E-state index contributed by atoms with van der Waals surface area (Å²) in [5, 5.41) is 6.09. The number of hydrogen-bond donors (Lipinski definition) is 2. The first-order valence-electron chi connectivity index (χ1n) is 9.34. The minimum atomic E-state index is -0.209. The third-order valence-corrected chi connectivity index (χ3v) is 5.62. The van der Waals surface area contributed by atoms with Gasteiger partial charge in [-0.2, -0.15) is 0 Å². The van der Waals surface area contributed by atoms with Crippen LogP contribution in [-0.4, -0.2) is 34.2 Å². The van der Waals surface area contributed by atoms with Crippen LogP contribution in [0.5, 0.6) is 0 Å². The van der Waals surface area contributed by atoms with Crippen LogP contribution in [0.25, 0.3) is 10.2 Å². The van der Waals surface area contributed by atoms with E-state index in [0.29, 0.717) is 29.3 Å². The maximum atomic E-state index is 12.6. The molecular formula is C21H20N4O3S. The van der Waals surface area contributed by atoms with Crippen molar-refractivity contribution in [1.29, 1.82) is 0 Å². The third kappa shape index (κ3) is 4.43. The van der Waals surface area contributed by atoms with E-state index in [-0.39, 0.29) is 17.7 Å². The molecule has 1 aliphatic rings. The number of fused-ring (bicyclic) bond motifs is 1. The lowest BCUT2D eigenvalue weighted by Crippen LogP contribution is -2.23. The number of likely N-dealkylation sites (tertiary alicyclic amines) is 1. The Morgan fingerprint density at radius 1 is 1.14 bits per heavy atom. The third-order valence-electron chi connectivity index (χ3n) is 4.69. The highest BCUT2D eigenvalue weighted by Gasteiger charge is 2.20. The first-order valence-corrected chi connectivity index (χ1v) is 10.2. The Morgan fingerprint density at radius 3 is 2.62 bits per heavy atom. The molecule has 2 N–H and O–H groups in total. The van der Waals surface area contributed by atoms with Gasteiger partial charge in [0.25, 0.3) is 5.91 Å². The summed E-state index contributed by atoms with van der Waals surface area (Å²) in [6.07, 6.45) is 1.53. The molecule has 0 atom stereocenters. The molecular weight excluding hydrogens is 388 g/mol. The zero-order valence-corrected chi connectivity index (χ0v) is 16.7. The number of aromatic nitrogens is 1. The Kier molecular flexibility index (Phi) is 5.26. The lowest BCUT2D eigenvalue weighted by molar-refractivity contribution is -0.128. The largest absolute Gasteiger partial charge is 0.338 e. The standard InChI is InChI=1S/C21H20N4O3S/c1-13(26)22-21-24-17-9-8-16(11-18(17)29-21)23-20(28)15-6-4-14(5-7-15)12-25-10-2-3-19(25)27/h4-9,11H,2-3,10,12H2,1H3,(H,23,28)(H,22,24,26). The number of rotatable bonds is 5. The van der Waals surface area contributed by atoms with Crippen molar-refractivity contribution in [2.75, 3.05) is 17.2 Å². The molecule has 2 aromatic carbocycles. The topological polar surface area (TPSA) is 91.4 Å². The highest BCUT2D eigenvalue weighted by Crippen LogP contribution is 2.28. The van der Waals surface area contributed by atoms with Crippen LogP contribution >= 0.6 is 11.3 Å². The van der Waals surface area contributed by atoms with E-state index in [1.54, 1.807) is 18.2 Å². The first-order chi connectivity index (χ1) is 14.0. The predicted octanol–water partition coefficient (Wildman–Crippen LogP) is 3.63. The van der Waals surface area contributed by atoms with E-state index < -0.39 is 0 Å². The Morgan fingerprint density at radius 2 is 1.93 bits per heavy atom. The molecule has 1 aromatic heterocycles. The summed E-state index contributed by atoms with van der Waals surface area (Å²) >= 11 is 1.35. The van der Waals surface area contributed by atoms with Gasteiger partial charge in [0.05, 0.1) is 10.2 Å². The molecule has 1 aliphatic heterocycles. The molecule has 7 nitrogen and oxygen atoms in total. The fourth-order valence-electron chi connectivity index (χ4n) is 3.26. The monoisotopic (exact) mass is 408 g/mol. The summed E-state index contributed by atoms with van der Waals surface area (Å²) < 4.78 is 0.872. The van der Waals surface area contributed by atoms with Gasteiger partial charge in [-0.05, 0) is 42.3 Å². The lowest BCUT2D eigenvalue weighted by Gasteiger charge is -2.15. The van der Waals surface area contributed by atoms with E-state index in [4.69, 9.17) is 0 Å². The number of nitrogens with zero attached hydrogens (tertiary/aromatic N) is 2. The van der Waals surface area contributed by atoms with Gasteiger partial charge >= 0.3 is 0 Å². The zero-order chi connectivity index (χ0) is 20.4. The fourth-order valence-corrected chi connectivity index (χ4v) is 4.21. The highest BCUT2D eigenvalue weighted by molar-refractivity contribution is 7.22. The van der Waals surface area contributed by atoms with Crippen molar-refractivity contribution in [2.45, 2.75) is 26.3 Å². The average Bonchev–Trinajstić information content (AvgIpc) is 3.27. The van der Waals surface area contributed by atoms with Crippen LogP contribution in [0.2, 0.25) is 0 Å². The van der Waals surface area contributed by atoms with Crippen LogP contribution in [0.15, 0.2) is 42.5 Å². The number of carbonyl (C=O) groups excluding carboxylic acids is 3. The van der Waals surface area contributed by atoms with Crippen molar-refractivity contribution in [1.82, 2.24) is 9.88 Å². The SMILES string of the molecule is CC(=O)Nc1nc2ccc(NC(=O)c3ccc(CN4CCCC4=O)cc3)cc2s1. The van der Waals surface area contributed by atoms with Crippen LogP contribution < -0.4 is 10.6 Å². The number of anilines is 2. The first kappa shape index (κ1) is 19.1. The quantitative estimate of drug-likeness (QED) is 0.674. The van der Waals surface area contributed by atoms with Gasteiger partial charge in [-0.3, -0.25) is 14.4 Å². The van der Waals surface area contributed by atoms with Crippen LogP contribution in [0.3, 0.4) is 0 Å². The Bertz CT molecular complexity index is 1090. The van der Waals surface area contributed by atoms with E-state index in [1.807, 2.05) is 29.2 Å². The molecule has 8 heteroatoms. The van der Waals surface area contributed by atoms with Crippen molar-refractivity contribution in [3.63, 3.8) is 0 Å². The van der Waals surface area contributed by atoms with Gasteiger partial charge in [0.2, 0.25) is 11.8 Å². The van der Waals surface area contributed by atoms with Gasteiger partial charge in [0.15, 0.2) is 5.13 Å². The van der Waals surface area contributed by atoms with E-state index in [0.717, 1.165) is 28.7 Å². The molecule has 148 valence electrons. The second-order valence-corrected chi connectivity index (χ2v) is 7.98. The highest BCUT2D eigenvalue weighted by atomic mass is 32.1. The molecule has 0 bridgehead atoms. The average molecular weight is 408 g/mol. The van der Waals surface area contributed by atoms with Gasteiger partial charge in [0, 0.05) is 37.7 Å². The van der Waals surface area contributed by atoms with E-state index in [2.05, 4.69) is 15.6 Å². The fraction of sp³-hybridized carbons (Fsp3) is 0.238. The normalized spacial score (nSPS) is 13.7. The van der Waals surface area contributed by atoms with Gasteiger partial charge in [0.1, 0.15) is 0 Å². The molecule has 1 fully saturated rings. The summed E-state index contributed by atoms with van der Waals surface area (Å²) in [6, 6.07) is 12.7. The van der Waals surface area contributed by atoms with Crippen molar-refractivity contribution >= 4 is 50.1 Å². The lowest BCUT2D eigenvalue weighted by atomic mass is 10.1. The van der Waals surface area contributed by atoms with Gasteiger partial charge in [-0.25, -0.2) is 4.98 Å². The van der Waals surface area contributed by atoms with Crippen LogP contribution in [-0.2, 0) is 16.1 Å². The predicted molar refractivity (Wildman–Crippen MR) is 113 cm³/mol. The molecule has 0 spiro atoms. The molecule has 3 aromatic rings. The summed E-state index contributed by atoms with van der Waals surface area (Å²) in [5.74, 6) is -0.193.